The zero-order chi connectivity index (χ0) is 13.4. The molecule has 18 heavy (non-hydrogen) atoms. The Morgan fingerprint density at radius 3 is 2.78 bits per heavy atom. The highest BCUT2D eigenvalue weighted by Crippen LogP contribution is 2.24. The van der Waals surface area contributed by atoms with Gasteiger partial charge in [0, 0.05) is 20.0 Å². The minimum absolute atomic E-state index is 0.296. The van der Waals surface area contributed by atoms with Crippen molar-refractivity contribution in [1.82, 2.24) is 10.2 Å². The van der Waals surface area contributed by atoms with E-state index >= 15 is 0 Å². The van der Waals surface area contributed by atoms with Gasteiger partial charge in [-0.1, -0.05) is 13.0 Å². The molecule has 0 aromatic rings. The van der Waals surface area contributed by atoms with Crippen LogP contribution in [0.1, 0.15) is 39.0 Å². The van der Waals surface area contributed by atoms with Crippen LogP contribution in [-0.2, 0) is 4.79 Å². The maximum absolute atomic E-state index is 12.1. The molecular formula is C15H28N2O. The van der Waals surface area contributed by atoms with Crippen molar-refractivity contribution in [2.24, 2.45) is 11.8 Å². The quantitative estimate of drug-likeness (QED) is 0.557. The topological polar surface area (TPSA) is 32.3 Å². The van der Waals surface area contributed by atoms with Gasteiger partial charge in [0.2, 0.25) is 5.91 Å². The Hall–Kier alpha value is -0.830. The predicted molar refractivity (Wildman–Crippen MR) is 76.4 cm³/mol. The van der Waals surface area contributed by atoms with E-state index in [1.54, 1.807) is 0 Å². The molecule has 1 unspecified atom stereocenters. The minimum atomic E-state index is 0.296. The zero-order valence-electron chi connectivity index (χ0n) is 12.0. The monoisotopic (exact) mass is 252 g/mol. The van der Waals surface area contributed by atoms with E-state index in [-0.39, 0.29) is 0 Å². The number of unbranched alkanes of at least 4 members (excludes halogenated alkanes) is 1. The van der Waals surface area contributed by atoms with E-state index in [0.717, 1.165) is 38.4 Å². The van der Waals surface area contributed by atoms with Crippen LogP contribution in [0.15, 0.2) is 12.7 Å². The summed E-state index contributed by atoms with van der Waals surface area (Å²) >= 11 is 0. The zero-order valence-corrected chi connectivity index (χ0v) is 12.0. The molecule has 0 bridgehead atoms. The summed E-state index contributed by atoms with van der Waals surface area (Å²) in [5, 5.41) is 3.38. The lowest BCUT2D eigenvalue weighted by Crippen LogP contribution is -2.34. The molecule has 1 atom stereocenters. The fraction of sp³-hybridized carbons (Fsp3) is 0.800. The molecule has 1 aliphatic rings. The fourth-order valence-electron chi connectivity index (χ4n) is 2.61. The van der Waals surface area contributed by atoms with Crippen LogP contribution in [0.4, 0.5) is 0 Å². The number of piperidine rings is 1. The molecule has 1 N–H and O–H groups in total. The molecule has 0 saturated carbocycles. The average molecular weight is 252 g/mol. The molecule has 1 fully saturated rings. The van der Waals surface area contributed by atoms with Crippen molar-refractivity contribution in [1.29, 1.82) is 0 Å². The number of hydrogen-bond donors (Lipinski definition) is 1. The van der Waals surface area contributed by atoms with Gasteiger partial charge < -0.3 is 10.2 Å². The molecule has 1 heterocycles. The smallest absolute Gasteiger partial charge is 0.222 e. The van der Waals surface area contributed by atoms with Crippen LogP contribution in [0.25, 0.3) is 0 Å². The van der Waals surface area contributed by atoms with Crippen LogP contribution in [0.5, 0.6) is 0 Å². The Labute approximate surface area is 112 Å². The first kappa shape index (κ1) is 15.2. The van der Waals surface area contributed by atoms with Gasteiger partial charge in [0.25, 0.3) is 0 Å². The van der Waals surface area contributed by atoms with E-state index in [9.17, 15) is 4.79 Å². The number of nitrogens with one attached hydrogen (secondary N) is 1. The number of allylic oxidation sites excluding steroid dienone is 1. The Bertz CT molecular complexity index is 259. The van der Waals surface area contributed by atoms with Gasteiger partial charge in [0.1, 0.15) is 0 Å². The van der Waals surface area contributed by atoms with E-state index in [1.165, 1.54) is 12.8 Å². The number of hydrogen-bond acceptors (Lipinski definition) is 2. The summed E-state index contributed by atoms with van der Waals surface area (Å²) in [5.41, 5.74) is 0. The Balaban J connectivity index is 2.26. The lowest BCUT2D eigenvalue weighted by molar-refractivity contribution is -0.131. The van der Waals surface area contributed by atoms with E-state index in [0.29, 0.717) is 18.2 Å². The fourth-order valence-corrected chi connectivity index (χ4v) is 2.61. The summed E-state index contributed by atoms with van der Waals surface area (Å²) in [4.78, 5) is 14.0. The van der Waals surface area contributed by atoms with Crippen LogP contribution in [0, 0.1) is 11.8 Å². The number of nitrogens with zero attached hydrogens (tertiary/aromatic N) is 1. The van der Waals surface area contributed by atoms with Crippen LogP contribution >= 0.6 is 0 Å². The van der Waals surface area contributed by atoms with Crippen LogP contribution < -0.4 is 5.32 Å². The van der Waals surface area contributed by atoms with Crippen LogP contribution in [0.2, 0.25) is 0 Å². The molecule has 0 aromatic heterocycles. The molecule has 0 spiro atoms. The van der Waals surface area contributed by atoms with Gasteiger partial charge in [-0.2, -0.15) is 0 Å². The van der Waals surface area contributed by atoms with Gasteiger partial charge in [0.05, 0.1) is 0 Å². The molecule has 1 amide bonds. The first-order valence-corrected chi connectivity index (χ1v) is 7.20. The summed E-state index contributed by atoms with van der Waals surface area (Å²) in [5.74, 6) is 1.53. The number of carbonyl (C=O) groups is 1. The lowest BCUT2D eigenvalue weighted by atomic mass is 9.84. The van der Waals surface area contributed by atoms with Crippen molar-refractivity contribution in [2.45, 2.75) is 39.0 Å². The Kier molecular flexibility index (Phi) is 7.02. The molecule has 3 heteroatoms. The summed E-state index contributed by atoms with van der Waals surface area (Å²) < 4.78 is 0. The van der Waals surface area contributed by atoms with Gasteiger partial charge >= 0.3 is 0 Å². The summed E-state index contributed by atoms with van der Waals surface area (Å²) in [6.07, 6.45) is 7.06. The number of amides is 1. The second kappa shape index (κ2) is 8.30. The van der Waals surface area contributed by atoms with Crippen LogP contribution in [-0.4, -0.2) is 37.5 Å². The first-order chi connectivity index (χ1) is 8.65. The molecule has 0 aliphatic carbocycles. The highest BCUT2D eigenvalue weighted by Gasteiger charge is 2.23. The maximum atomic E-state index is 12.1. The van der Waals surface area contributed by atoms with Crippen LogP contribution in [0.3, 0.4) is 0 Å². The summed E-state index contributed by atoms with van der Waals surface area (Å²) in [6.45, 7) is 9.00. The molecule has 1 aliphatic heterocycles. The van der Waals surface area contributed by atoms with Crippen molar-refractivity contribution in [3.63, 3.8) is 0 Å². The SMILES string of the molecule is C=CCCCN(C)C(=O)CC(C)C1CCNCC1. The molecule has 1 rings (SSSR count). The van der Waals surface area contributed by atoms with Gasteiger partial charge in [-0.05, 0) is 50.6 Å². The van der Waals surface area contributed by atoms with Gasteiger partial charge in [-0.3, -0.25) is 4.79 Å². The second-order valence-corrected chi connectivity index (χ2v) is 5.52. The van der Waals surface area contributed by atoms with E-state index < -0.39 is 0 Å². The normalized spacial score (nSPS) is 18.3. The third kappa shape index (κ3) is 5.21. The second-order valence-electron chi connectivity index (χ2n) is 5.52. The number of rotatable bonds is 7. The molecule has 1 saturated heterocycles. The largest absolute Gasteiger partial charge is 0.346 e. The van der Waals surface area contributed by atoms with Gasteiger partial charge in [-0.15, -0.1) is 6.58 Å². The molecule has 3 nitrogen and oxygen atoms in total. The third-order valence-corrected chi connectivity index (χ3v) is 4.01. The molecular weight excluding hydrogens is 224 g/mol. The van der Waals surface area contributed by atoms with E-state index in [2.05, 4.69) is 18.8 Å². The standard InChI is InChI=1S/C15H28N2O/c1-4-5-6-11-17(3)15(18)12-13(2)14-7-9-16-10-8-14/h4,13-14,16H,1,5-12H2,2-3H3. The van der Waals surface area contributed by atoms with Crippen molar-refractivity contribution in [3.05, 3.63) is 12.7 Å². The van der Waals surface area contributed by atoms with Crippen molar-refractivity contribution in [3.8, 4) is 0 Å². The summed E-state index contributed by atoms with van der Waals surface area (Å²) in [6, 6.07) is 0. The maximum Gasteiger partial charge on any atom is 0.222 e. The first-order valence-electron chi connectivity index (χ1n) is 7.20. The van der Waals surface area contributed by atoms with E-state index in [1.807, 2.05) is 18.0 Å². The lowest BCUT2D eigenvalue weighted by Gasteiger charge is -2.29. The highest BCUT2D eigenvalue weighted by molar-refractivity contribution is 5.76. The van der Waals surface area contributed by atoms with Crippen molar-refractivity contribution in [2.75, 3.05) is 26.7 Å². The van der Waals surface area contributed by atoms with E-state index in [4.69, 9.17) is 0 Å². The third-order valence-electron chi connectivity index (χ3n) is 4.01. The van der Waals surface area contributed by atoms with Gasteiger partial charge in [0.15, 0.2) is 0 Å². The predicted octanol–water partition coefficient (Wildman–Crippen LogP) is 2.44. The van der Waals surface area contributed by atoms with Crippen molar-refractivity contribution >= 4 is 5.91 Å². The molecule has 104 valence electrons. The minimum Gasteiger partial charge on any atom is -0.346 e. The summed E-state index contributed by atoms with van der Waals surface area (Å²) in [7, 11) is 1.92. The Morgan fingerprint density at radius 1 is 1.50 bits per heavy atom. The van der Waals surface area contributed by atoms with Crippen molar-refractivity contribution < 1.29 is 4.79 Å². The number of carbonyl (C=O) groups excluding carboxylic acids is 1. The average Bonchev–Trinajstić information content (AvgIpc) is 2.39. The molecule has 0 aromatic carbocycles. The van der Waals surface area contributed by atoms with Gasteiger partial charge in [-0.25, -0.2) is 0 Å². The highest BCUT2D eigenvalue weighted by atomic mass is 16.2. The Morgan fingerprint density at radius 2 is 2.17 bits per heavy atom. The molecule has 0 radical (unpaired) electrons.